The predicted octanol–water partition coefficient (Wildman–Crippen LogP) is 1.22. The first-order valence-corrected chi connectivity index (χ1v) is 6.59. The lowest BCUT2D eigenvalue weighted by Gasteiger charge is -2.13. The Morgan fingerprint density at radius 1 is 1.25 bits per heavy atom. The predicted molar refractivity (Wildman–Crippen MR) is 79.6 cm³/mol. The second kappa shape index (κ2) is 8.16. The highest BCUT2D eigenvalue weighted by molar-refractivity contribution is 5.89. The molecule has 20 heavy (non-hydrogen) atoms. The van der Waals surface area contributed by atoms with Crippen LogP contribution in [-0.2, 0) is 4.79 Å². The average Bonchev–Trinajstić information content (AvgIpc) is 2.46. The molecule has 0 saturated heterocycles. The first kappa shape index (κ1) is 16.0. The summed E-state index contributed by atoms with van der Waals surface area (Å²) in [7, 11) is 3.45. The molecule has 1 unspecified atom stereocenters. The Bertz CT molecular complexity index is 462. The van der Waals surface area contributed by atoms with Crippen molar-refractivity contribution in [2.75, 3.05) is 26.0 Å². The highest BCUT2D eigenvalue weighted by atomic mass is 16.2. The van der Waals surface area contributed by atoms with Gasteiger partial charge < -0.3 is 21.3 Å². The van der Waals surface area contributed by atoms with Crippen LogP contribution in [0, 0.1) is 0 Å². The van der Waals surface area contributed by atoms with Crippen molar-refractivity contribution in [2.24, 2.45) is 0 Å². The standard InChI is InChI=1S/C14H22N4O2/c1-10(15-2)11-5-4-6-12(9-11)18-14(20)17-8-7-13(19)16-3/h4-6,9-10,15H,7-8H2,1-3H3,(H,16,19)(H2,17,18,20). The van der Waals surface area contributed by atoms with Crippen LogP contribution in [0.4, 0.5) is 10.5 Å². The van der Waals surface area contributed by atoms with E-state index in [2.05, 4.69) is 21.3 Å². The molecule has 0 aliphatic rings. The molecule has 1 aromatic rings. The minimum absolute atomic E-state index is 0.102. The van der Waals surface area contributed by atoms with Crippen LogP contribution < -0.4 is 21.3 Å². The molecule has 0 saturated carbocycles. The van der Waals surface area contributed by atoms with E-state index in [4.69, 9.17) is 0 Å². The minimum Gasteiger partial charge on any atom is -0.359 e. The molecule has 0 fully saturated rings. The molecule has 1 aromatic carbocycles. The number of urea groups is 1. The van der Waals surface area contributed by atoms with Crippen molar-refractivity contribution >= 4 is 17.6 Å². The lowest BCUT2D eigenvalue weighted by Crippen LogP contribution is -2.32. The molecule has 0 heterocycles. The molecule has 0 aromatic heterocycles. The molecular formula is C14H22N4O2. The van der Waals surface area contributed by atoms with E-state index in [0.29, 0.717) is 6.54 Å². The number of hydrogen-bond donors (Lipinski definition) is 4. The molecule has 110 valence electrons. The van der Waals surface area contributed by atoms with Crippen molar-refractivity contribution in [3.05, 3.63) is 29.8 Å². The van der Waals surface area contributed by atoms with Crippen LogP contribution >= 0.6 is 0 Å². The molecular weight excluding hydrogens is 256 g/mol. The molecule has 0 aliphatic heterocycles. The fourth-order valence-corrected chi connectivity index (χ4v) is 1.64. The van der Waals surface area contributed by atoms with Crippen LogP contribution in [0.2, 0.25) is 0 Å². The second-order valence-corrected chi connectivity index (χ2v) is 4.44. The molecule has 1 atom stereocenters. The maximum absolute atomic E-state index is 11.7. The number of amides is 3. The fourth-order valence-electron chi connectivity index (χ4n) is 1.64. The van der Waals surface area contributed by atoms with E-state index in [1.807, 2.05) is 38.2 Å². The van der Waals surface area contributed by atoms with Gasteiger partial charge >= 0.3 is 6.03 Å². The van der Waals surface area contributed by atoms with Crippen LogP contribution in [0.1, 0.15) is 24.9 Å². The van der Waals surface area contributed by atoms with Crippen LogP contribution in [0.3, 0.4) is 0 Å². The summed E-state index contributed by atoms with van der Waals surface area (Å²) >= 11 is 0. The highest BCUT2D eigenvalue weighted by Crippen LogP contribution is 2.16. The zero-order valence-corrected chi connectivity index (χ0v) is 12.1. The largest absolute Gasteiger partial charge is 0.359 e. The zero-order chi connectivity index (χ0) is 15.0. The molecule has 0 bridgehead atoms. The molecule has 4 N–H and O–H groups in total. The minimum atomic E-state index is -0.317. The van der Waals surface area contributed by atoms with Gasteiger partial charge in [0.05, 0.1) is 0 Å². The molecule has 6 nitrogen and oxygen atoms in total. The topological polar surface area (TPSA) is 82.3 Å². The maximum Gasteiger partial charge on any atom is 0.319 e. The van der Waals surface area contributed by atoms with Crippen molar-refractivity contribution in [3.8, 4) is 0 Å². The Morgan fingerprint density at radius 3 is 2.65 bits per heavy atom. The van der Waals surface area contributed by atoms with Gasteiger partial charge in [-0.15, -0.1) is 0 Å². The summed E-state index contributed by atoms with van der Waals surface area (Å²) in [6.07, 6.45) is 0.265. The first-order valence-electron chi connectivity index (χ1n) is 6.59. The van der Waals surface area contributed by atoms with E-state index in [1.165, 1.54) is 0 Å². The third kappa shape index (κ3) is 5.27. The Hall–Kier alpha value is -2.08. The SMILES string of the molecule is CNC(=O)CCNC(=O)Nc1cccc(C(C)NC)c1. The van der Waals surface area contributed by atoms with Gasteiger partial charge in [0, 0.05) is 31.7 Å². The number of anilines is 1. The number of nitrogens with one attached hydrogen (secondary N) is 4. The van der Waals surface area contributed by atoms with E-state index in [9.17, 15) is 9.59 Å². The smallest absolute Gasteiger partial charge is 0.319 e. The third-order valence-electron chi connectivity index (χ3n) is 2.99. The van der Waals surface area contributed by atoms with Crippen LogP contribution in [0.5, 0.6) is 0 Å². The van der Waals surface area contributed by atoms with E-state index in [-0.39, 0.29) is 24.4 Å². The summed E-state index contributed by atoms with van der Waals surface area (Å²) < 4.78 is 0. The lowest BCUT2D eigenvalue weighted by atomic mass is 10.1. The summed E-state index contributed by atoms with van der Waals surface area (Å²) in [5.41, 5.74) is 1.82. The van der Waals surface area contributed by atoms with Crippen molar-refractivity contribution in [2.45, 2.75) is 19.4 Å². The van der Waals surface area contributed by atoms with Crippen LogP contribution in [0.25, 0.3) is 0 Å². The monoisotopic (exact) mass is 278 g/mol. The molecule has 0 aliphatic carbocycles. The Kier molecular flexibility index (Phi) is 6.52. The van der Waals surface area contributed by atoms with E-state index >= 15 is 0 Å². The molecule has 0 radical (unpaired) electrons. The highest BCUT2D eigenvalue weighted by Gasteiger charge is 2.06. The van der Waals surface area contributed by atoms with Crippen LogP contribution in [0.15, 0.2) is 24.3 Å². The van der Waals surface area contributed by atoms with Crippen molar-refractivity contribution in [1.82, 2.24) is 16.0 Å². The lowest BCUT2D eigenvalue weighted by molar-refractivity contribution is -0.120. The summed E-state index contributed by atoms with van der Waals surface area (Å²) in [6, 6.07) is 7.53. The summed E-state index contributed by atoms with van der Waals surface area (Å²) in [4.78, 5) is 22.7. The van der Waals surface area contributed by atoms with Gasteiger partial charge in [-0.25, -0.2) is 4.79 Å². The number of carbonyl (C=O) groups is 2. The second-order valence-electron chi connectivity index (χ2n) is 4.44. The Morgan fingerprint density at radius 2 is 2.00 bits per heavy atom. The number of hydrogen-bond acceptors (Lipinski definition) is 3. The van der Waals surface area contributed by atoms with Gasteiger partial charge in [-0.3, -0.25) is 4.79 Å². The van der Waals surface area contributed by atoms with Gasteiger partial charge in [0.15, 0.2) is 0 Å². The van der Waals surface area contributed by atoms with Gasteiger partial charge in [0.25, 0.3) is 0 Å². The average molecular weight is 278 g/mol. The van der Waals surface area contributed by atoms with Gasteiger partial charge in [-0.1, -0.05) is 12.1 Å². The molecule has 3 amide bonds. The molecule has 1 rings (SSSR count). The molecule has 6 heteroatoms. The first-order chi connectivity index (χ1) is 9.56. The number of carbonyl (C=O) groups excluding carboxylic acids is 2. The van der Waals surface area contributed by atoms with Gasteiger partial charge in [-0.05, 0) is 31.7 Å². The quantitative estimate of drug-likeness (QED) is 0.631. The van der Waals surface area contributed by atoms with E-state index < -0.39 is 0 Å². The Labute approximate surface area is 119 Å². The normalized spacial score (nSPS) is 11.6. The van der Waals surface area contributed by atoms with Gasteiger partial charge in [-0.2, -0.15) is 0 Å². The van der Waals surface area contributed by atoms with Crippen molar-refractivity contribution in [3.63, 3.8) is 0 Å². The number of rotatable bonds is 6. The van der Waals surface area contributed by atoms with E-state index in [0.717, 1.165) is 11.3 Å². The fraction of sp³-hybridized carbons (Fsp3) is 0.429. The Balaban J connectivity index is 2.47. The van der Waals surface area contributed by atoms with Crippen molar-refractivity contribution in [1.29, 1.82) is 0 Å². The van der Waals surface area contributed by atoms with Crippen molar-refractivity contribution < 1.29 is 9.59 Å². The molecule has 0 spiro atoms. The summed E-state index contributed by atoms with van der Waals surface area (Å²) in [5, 5.41) is 11.0. The number of benzene rings is 1. The van der Waals surface area contributed by atoms with E-state index in [1.54, 1.807) is 7.05 Å². The van der Waals surface area contributed by atoms with Gasteiger partial charge in [0.2, 0.25) is 5.91 Å². The summed E-state index contributed by atoms with van der Waals surface area (Å²) in [6.45, 7) is 2.35. The third-order valence-corrected chi connectivity index (χ3v) is 2.99. The van der Waals surface area contributed by atoms with Gasteiger partial charge in [0.1, 0.15) is 0 Å². The van der Waals surface area contributed by atoms with Crippen LogP contribution in [-0.4, -0.2) is 32.6 Å². The summed E-state index contributed by atoms with van der Waals surface area (Å²) in [5.74, 6) is -0.102. The zero-order valence-electron chi connectivity index (χ0n) is 12.1. The maximum atomic E-state index is 11.7.